The van der Waals surface area contributed by atoms with E-state index >= 15 is 0 Å². The molecule has 0 aromatic heterocycles. The largest absolute Gasteiger partial charge is 0.325 e. The summed E-state index contributed by atoms with van der Waals surface area (Å²) in [5, 5.41) is 2.82. The van der Waals surface area contributed by atoms with Gasteiger partial charge in [0.15, 0.2) is 0 Å². The van der Waals surface area contributed by atoms with E-state index in [2.05, 4.69) is 10.7 Å². The average molecular weight is 282 g/mol. The van der Waals surface area contributed by atoms with Crippen LogP contribution in [0.15, 0.2) is 0 Å². The van der Waals surface area contributed by atoms with Crippen LogP contribution in [0.3, 0.4) is 0 Å². The van der Waals surface area contributed by atoms with E-state index in [1.807, 2.05) is 0 Å². The molecule has 1 heterocycles. The molecule has 4 N–H and O–H groups in total. The first-order chi connectivity index (χ1) is 9.32. The van der Waals surface area contributed by atoms with Crippen molar-refractivity contribution in [1.82, 2.24) is 15.6 Å². The number of amides is 4. The van der Waals surface area contributed by atoms with Crippen LogP contribution in [0, 0.1) is 5.41 Å². The van der Waals surface area contributed by atoms with Crippen molar-refractivity contribution in [2.24, 2.45) is 11.3 Å². The van der Waals surface area contributed by atoms with Crippen LogP contribution in [0.4, 0.5) is 4.79 Å². The van der Waals surface area contributed by atoms with E-state index in [9.17, 15) is 14.4 Å². The molecule has 2 rings (SSSR count). The fraction of sp³-hybridized carbons (Fsp3) is 0.769. The molecule has 0 unspecified atom stereocenters. The summed E-state index contributed by atoms with van der Waals surface area (Å²) in [4.78, 5) is 37.5. The summed E-state index contributed by atoms with van der Waals surface area (Å²) in [5.74, 6) is 4.53. The summed E-state index contributed by atoms with van der Waals surface area (Å²) in [6, 6.07) is -0.408. The Morgan fingerprint density at radius 3 is 2.50 bits per heavy atom. The number of urea groups is 1. The number of carbonyl (C=O) groups excluding carboxylic acids is 3. The van der Waals surface area contributed by atoms with Crippen molar-refractivity contribution in [3.05, 3.63) is 0 Å². The second kappa shape index (κ2) is 5.05. The van der Waals surface area contributed by atoms with Gasteiger partial charge < -0.3 is 5.32 Å². The molecular formula is C13H22N4O3. The number of hydrogen-bond acceptors (Lipinski definition) is 4. The Labute approximate surface area is 118 Å². The van der Waals surface area contributed by atoms with Crippen LogP contribution in [-0.4, -0.2) is 34.8 Å². The number of nitrogens with two attached hydrogens (primary N) is 1. The molecule has 1 saturated heterocycles. The molecule has 0 aromatic carbocycles. The van der Waals surface area contributed by atoms with Crippen molar-refractivity contribution >= 4 is 17.8 Å². The first kappa shape index (κ1) is 14.8. The summed E-state index contributed by atoms with van der Waals surface area (Å²) in [7, 11) is 0. The number of nitrogens with zero attached hydrogens (tertiary/aromatic N) is 1. The number of carbonyl (C=O) groups is 3. The zero-order valence-electron chi connectivity index (χ0n) is 12.0. The molecule has 0 atom stereocenters. The lowest BCUT2D eigenvalue weighted by molar-refractivity contribution is -0.136. The Balaban J connectivity index is 2.15. The van der Waals surface area contributed by atoms with Crippen molar-refractivity contribution in [3.63, 3.8) is 0 Å². The highest BCUT2D eigenvalue weighted by Crippen LogP contribution is 2.34. The topological polar surface area (TPSA) is 105 Å². The van der Waals surface area contributed by atoms with Crippen LogP contribution in [0.1, 0.15) is 46.0 Å². The molecule has 7 heteroatoms. The molecule has 2 aliphatic rings. The highest BCUT2D eigenvalue weighted by molar-refractivity contribution is 6.07. The second-order valence-corrected chi connectivity index (χ2v) is 6.32. The number of hydrazine groups is 1. The summed E-state index contributed by atoms with van der Waals surface area (Å²) in [6.07, 6.45) is 4.32. The second-order valence-electron chi connectivity index (χ2n) is 6.32. The predicted octanol–water partition coefficient (Wildman–Crippen LogP) is 0.257. The van der Waals surface area contributed by atoms with Gasteiger partial charge in [0.2, 0.25) is 5.91 Å². The Kier molecular flexibility index (Phi) is 3.73. The standard InChI is InChI=1S/C13H22N4O3/c1-12(2,9(18)16-14)8-17-10(19)13(15-11(17)20)6-4-3-5-7-13/h3-8,14H2,1-2H3,(H,15,20)(H,16,18). The molecule has 0 bridgehead atoms. The minimum absolute atomic E-state index is 0.0302. The quantitative estimate of drug-likeness (QED) is 0.299. The maximum absolute atomic E-state index is 12.6. The van der Waals surface area contributed by atoms with Crippen molar-refractivity contribution < 1.29 is 14.4 Å². The molecule has 112 valence electrons. The van der Waals surface area contributed by atoms with Gasteiger partial charge in [-0.15, -0.1) is 0 Å². The minimum Gasteiger partial charge on any atom is -0.323 e. The SMILES string of the molecule is CC(C)(CN1C(=O)NC2(CCCCC2)C1=O)C(=O)NN. The van der Waals surface area contributed by atoms with Gasteiger partial charge in [-0.1, -0.05) is 19.3 Å². The van der Waals surface area contributed by atoms with Gasteiger partial charge in [-0.3, -0.25) is 19.9 Å². The van der Waals surface area contributed by atoms with Crippen LogP contribution in [0.25, 0.3) is 0 Å². The van der Waals surface area contributed by atoms with Crippen LogP contribution < -0.4 is 16.6 Å². The normalized spacial score (nSPS) is 22.1. The summed E-state index contributed by atoms with van der Waals surface area (Å²) >= 11 is 0. The molecule has 1 saturated carbocycles. The van der Waals surface area contributed by atoms with E-state index in [1.165, 1.54) is 0 Å². The molecule has 7 nitrogen and oxygen atoms in total. The fourth-order valence-corrected chi connectivity index (χ4v) is 2.98. The molecule has 2 fully saturated rings. The Morgan fingerprint density at radius 1 is 1.35 bits per heavy atom. The first-order valence-electron chi connectivity index (χ1n) is 6.98. The highest BCUT2D eigenvalue weighted by atomic mass is 16.2. The Morgan fingerprint density at radius 2 is 1.95 bits per heavy atom. The van der Waals surface area contributed by atoms with Gasteiger partial charge in [-0.2, -0.15) is 0 Å². The molecule has 1 aliphatic heterocycles. The number of rotatable bonds is 3. The lowest BCUT2D eigenvalue weighted by Gasteiger charge is -2.31. The summed E-state index contributed by atoms with van der Waals surface area (Å²) in [5.41, 5.74) is 0.411. The van der Waals surface area contributed by atoms with Crippen LogP contribution in [-0.2, 0) is 9.59 Å². The molecule has 4 amide bonds. The minimum atomic E-state index is -0.915. The molecule has 1 spiro atoms. The van der Waals surface area contributed by atoms with E-state index in [1.54, 1.807) is 13.8 Å². The molecule has 20 heavy (non-hydrogen) atoms. The van der Waals surface area contributed by atoms with E-state index in [0.29, 0.717) is 12.8 Å². The zero-order chi connectivity index (χ0) is 15.0. The summed E-state index contributed by atoms with van der Waals surface area (Å²) in [6.45, 7) is 3.34. The van der Waals surface area contributed by atoms with Gasteiger partial charge in [0.25, 0.3) is 5.91 Å². The third-order valence-electron chi connectivity index (χ3n) is 4.25. The number of nitrogens with one attached hydrogen (secondary N) is 2. The van der Waals surface area contributed by atoms with Crippen LogP contribution >= 0.6 is 0 Å². The molecule has 1 aliphatic carbocycles. The highest BCUT2D eigenvalue weighted by Gasteiger charge is 2.52. The first-order valence-corrected chi connectivity index (χ1v) is 6.98. The van der Waals surface area contributed by atoms with Crippen molar-refractivity contribution in [2.45, 2.75) is 51.5 Å². The van der Waals surface area contributed by atoms with Crippen molar-refractivity contribution in [1.29, 1.82) is 0 Å². The molecule has 0 radical (unpaired) electrons. The van der Waals surface area contributed by atoms with Gasteiger partial charge in [0.05, 0.1) is 5.41 Å². The van der Waals surface area contributed by atoms with Gasteiger partial charge >= 0.3 is 6.03 Å². The lowest BCUT2D eigenvalue weighted by Crippen LogP contribution is -2.51. The van der Waals surface area contributed by atoms with Gasteiger partial charge in [0, 0.05) is 6.54 Å². The van der Waals surface area contributed by atoms with E-state index < -0.39 is 22.9 Å². The van der Waals surface area contributed by atoms with Gasteiger partial charge in [-0.05, 0) is 26.7 Å². The fourth-order valence-electron chi connectivity index (χ4n) is 2.98. The maximum Gasteiger partial charge on any atom is 0.325 e. The van der Waals surface area contributed by atoms with E-state index in [0.717, 1.165) is 24.2 Å². The monoisotopic (exact) mass is 282 g/mol. The van der Waals surface area contributed by atoms with Crippen LogP contribution in [0.5, 0.6) is 0 Å². The van der Waals surface area contributed by atoms with Crippen LogP contribution in [0.2, 0.25) is 0 Å². The smallest absolute Gasteiger partial charge is 0.323 e. The lowest BCUT2D eigenvalue weighted by atomic mass is 9.81. The third-order valence-corrected chi connectivity index (χ3v) is 4.25. The van der Waals surface area contributed by atoms with Gasteiger partial charge in [-0.25, -0.2) is 10.6 Å². The Hall–Kier alpha value is -1.63. The van der Waals surface area contributed by atoms with E-state index in [4.69, 9.17) is 5.84 Å². The number of hydrogen-bond donors (Lipinski definition) is 3. The van der Waals surface area contributed by atoms with E-state index in [-0.39, 0.29) is 12.5 Å². The average Bonchev–Trinajstić information content (AvgIpc) is 2.63. The molecule has 0 aromatic rings. The third kappa shape index (κ3) is 2.37. The maximum atomic E-state index is 12.6. The summed E-state index contributed by atoms with van der Waals surface area (Å²) < 4.78 is 0. The predicted molar refractivity (Wildman–Crippen MR) is 72.2 cm³/mol. The van der Waals surface area contributed by atoms with Crippen molar-refractivity contribution in [2.75, 3.05) is 6.54 Å². The number of imide groups is 1. The zero-order valence-corrected chi connectivity index (χ0v) is 12.0. The van der Waals surface area contributed by atoms with Crippen molar-refractivity contribution in [3.8, 4) is 0 Å². The van der Waals surface area contributed by atoms with Gasteiger partial charge in [0.1, 0.15) is 5.54 Å². The molecular weight excluding hydrogens is 260 g/mol. The Bertz CT molecular complexity index is 441.